The average molecular weight is 295 g/mol. The van der Waals surface area contributed by atoms with E-state index in [1.54, 1.807) is 37.3 Å². The van der Waals surface area contributed by atoms with Gasteiger partial charge in [-0.3, -0.25) is 14.5 Å². The first-order valence-corrected chi connectivity index (χ1v) is 6.87. The van der Waals surface area contributed by atoms with Crippen LogP contribution >= 0.6 is 0 Å². The normalized spacial score (nSPS) is 12.6. The van der Waals surface area contributed by atoms with Gasteiger partial charge in [0.05, 0.1) is 0 Å². The Labute approximate surface area is 126 Å². The molecule has 1 N–H and O–H groups in total. The van der Waals surface area contributed by atoms with Gasteiger partial charge in [0.1, 0.15) is 0 Å². The van der Waals surface area contributed by atoms with Crippen LogP contribution in [0.2, 0.25) is 0 Å². The third kappa shape index (κ3) is 1.98. The molecule has 0 saturated heterocycles. The molecular formula is C17H13NO4. The monoisotopic (exact) mass is 295 g/mol. The van der Waals surface area contributed by atoms with Gasteiger partial charge >= 0.3 is 6.09 Å². The molecule has 0 atom stereocenters. The number of carboxylic acid groups (broad SMARTS) is 1. The van der Waals surface area contributed by atoms with Crippen LogP contribution in [0.25, 0.3) is 0 Å². The molecule has 1 aliphatic rings. The maximum absolute atomic E-state index is 12.6. The summed E-state index contributed by atoms with van der Waals surface area (Å²) in [5.41, 5.74) is 1.69. The SMILES string of the molecule is CCN(C(=O)O)c1ccc2c(c1)C(=O)c1ccccc1C2=O. The van der Waals surface area contributed by atoms with Gasteiger partial charge in [-0.25, -0.2) is 4.79 Å². The second-order valence-electron chi connectivity index (χ2n) is 4.96. The van der Waals surface area contributed by atoms with E-state index >= 15 is 0 Å². The molecule has 22 heavy (non-hydrogen) atoms. The van der Waals surface area contributed by atoms with Crippen molar-refractivity contribution in [3.8, 4) is 0 Å². The van der Waals surface area contributed by atoms with E-state index in [0.29, 0.717) is 22.4 Å². The van der Waals surface area contributed by atoms with Crippen LogP contribution in [0, 0.1) is 0 Å². The zero-order chi connectivity index (χ0) is 15.9. The predicted molar refractivity (Wildman–Crippen MR) is 80.8 cm³/mol. The predicted octanol–water partition coefficient (Wildman–Crippen LogP) is 2.97. The molecule has 110 valence electrons. The van der Waals surface area contributed by atoms with E-state index in [1.165, 1.54) is 12.1 Å². The second kappa shape index (κ2) is 5.11. The standard InChI is InChI=1S/C17H13NO4/c1-2-18(17(21)22)10-7-8-13-14(9-10)16(20)12-6-4-3-5-11(12)15(13)19/h3-9H,2H2,1H3,(H,21,22). The summed E-state index contributed by atoms with van der Waals surface area (Å²) in [6.45, 7) is 1.96. The van der Waals surface area contributed by atoms with Crippen molar-refractivity contribution in [1.29, 1.82) is 0 Å². The van der Waals surface area contributed by atoms with Gasteiger partial charge in [-0.05, 0) is 25.1 Å². The fourth-order valence-electron chi connectivity index (χ4n) is 2.68. The van der Waals surface area contributed by atoms with E-state index < -0.39 is 6.09 Å². The number of carbonyl (C=O) groups excluding carboxylic acids is 2. The van der Waals surface area contributed by atoms with Crippen molar-refractivity contribution >= 4 is 23.3 Å². The highest BCUT2D eigenvalue weighted by Crippen LogP contribution is 2.30. The Hall–Kier alpha value is -2.95. The fraction of sp³-hybridized carbons (Fsp3) is 0.118. The lowest BCUT2D eigenvalue weighted by atomic mass is 9.84. The Bertz CT molecular complexity index is 810. The summed E-state index contributed by atoms with van der Waals surface area (Å²) in [4.78, 5) is 37.4. The van der Waals surface area contributed by atoms with Gasteiger partial charge in [0.15, 0.2) is 11.6 Å². The van der Waals surface area contributed by atoms with Crippen LogP contribution in [0.1, 0.15) is 38.8 Å². The van der Waals surface area contributed by atoms with E-state index in [4.69, 9.17) is 0 Å². The van der Waals surface area contributed by atoms with Crippen molar-refractivity contribution in [2.75, 3.05) is 11.4 Å². The van der Waals surface area contributed by atoms with Gasteiger partial charge in [0, 0.05) is 34.5 Å². The lowest BCUT2D eigenvalue weighted by molar-refractivity contribution is 0.0979. The third-order valence-corrected chi connectivity index (χ3v) is 3.77. The molecule has 3 rings (SSSR count). The van der Waals surface area contributed by atoms with E-state index in [9.17, 15) is 19.5 Å². The molecule has 1 amide bonds. The number of amides is 1. The van der Waals surface area contributed by atoms with Crippen molar-refractivity contribution in [2.24, 2.45) is 0 Å². The number of benzene rings is 2. The third-order valence-electron chi connectivity index (χ3n) is 3.77. The number of rotatable bonds is 2. The summed E-state index contributed by atoms with van der Waals surface area (Å²) >= 11 is 0. The van der Waals surface area contributed by atoms with Crippen molar-refractivity contribution < 1.29 is 19.5 Å². The van der Waals surface area contributed by atoms with E-state index in [2.05, 4.69) is 0 Å². The van der Waals surface area contributed by atoms with Gasteiger partial charge in [-0.15, -0.1) is 0 Å². The first-order valence-electron chi connectivity index (χ1n) is 6.87. The van der Waals surface area contributed by atoms with E-state index in [-0.39, 0.29) is 23.7 Å². The maximum Gasteiger partial charge on any atom is 0.411 e. The molecule has 0 saturated carbocycles. The molecule has 5 nitrogen and oxygen atoms in total. The van der Waals surface area contributed by atoms with Crippen LogP contribution in [-0.2, 0) is 0 Å². The van der Waals surface area contributed by atoms with Crippen molar-refractivity contribution in [2.45, 2.75) is 6.92 Å². The highest BCUT2D eigenvalue weighted by atomic mass is 16.4. The van der Waals surface area contributed by atoms with Gasteiger partial charge in [0.2, 0.25) is 0 Å². The summed E-state index contributed by atoms with van der Waals surface area (Å²) in [6.07, 6.45) is -1.10. The highest BCUT2D eigenvalue weighted by Gasteiger charge is 2.30. The van der Waals surface area contributed by atoms with Crippen molar-refractivity contribution in [3.05, 3.63) is 64.7 Å². The molecule has 2 aromatic carbocycles. The zero-order valence-electron chi connectivity index (χ0n) is 11.9. The number of hydrogen-bond acceptors (Lipinski definition) is 3. The Morgan fingerprint density at radius 3 is 2.05 bits per heavy atom. The quantitative estimate of drug-likeness (QED) is 0.788. The summed E-state index contributed by atoms with van der Waals surface area (Å²) in [5, 5.41) is 9.18. The van der Waals surface area contributed by atoms with Crippen LogP contribution in [-0.4, -0.2) is 29.3 Å². The highest BCUT2D eigenvalue weighted by molar-refractivity contribution is 6.28. The minimum atomic E-state index is -1.10. The molecule has 1 aliphatic carbocycles. The Morgan fingerprint density at radius 1 is 0.955 bits per heavy atom. The molecule has 0 fully saturated rings. The summed E-state index contributed by atoms with van der Waals surface area (Å²) in [6, 6.07) is 11.2. The topological polar surface area (TPSA) is 74.7 Å². The van der Waals surface area contributed by atoms with Crippen molar-refractivity contribution in [1.82, 2.24) is 0 Å². The van der Waals surface area contributed by atoms with Crippen LogP contribution in [0.15, 0.2) is 42.5 Å². The number of ketones is 2. The molecule has 0 aromatic heterocycles. The minimum Gasteiger partial charge on any atom is -0.465 e. The smallest absolute Gasteiger partial charge is 0.411 e. The summed E-state index contributed by atoms with van der Waals surface area (Å²) < 4.78 is 0. The largest absolute Gasteiger partial charge is 0.465 e. The molecule has 0 heterocycles. The second-order valence-corrected chi connectivity index (χ2v) is 4.96. The number of nitrogens with zero attached hydrogens (tertiary/aromatic N) is 1. The number of anilines is 1. The lowest BCUT2D eigenvalue weighted by Gasteiger charge is -2.21. The number of carbonyl (C=O) groups is 3. The lowest BCUT2D eigenvalue weighted by Crippen LogP contribution is -2.29. The van der Waals surface area contributed by atoms with Gasteiger partial charge in [-0.2, -0.15) is 0 Å². The van der Waals surface area contributed by atoms with Crippen LogP contribution in [0.4, 0.5) is 10.5 Å². The fourth-order valence-corrected chi connectivity index (χ4v) is 2.68. The van der Waals surface area contributed by atoms with Crippen LogP contribution in [0.3, 0.4) is 0 Å². The van der Waals surface area contributed by atoms with Crippen LogP contribution < -0.4 is 4.90 Å². The number of hydrogen-bond donors (Lipinski definition) is 1. The zero-order valence-corrected chi connectivity index (χ0v) is 11.9. The first-order chi connectivity index (χ1) is 10.5. The maximum atomic E-state index is 12.6. The molecule has 0 spiro atoms. The average Bonchev–Trinajstić information content (AvgIpc) is 2.53. The molecule has 2 aromatic rings. The minimum absolute atomic E-state index is 0.213. The molecule has 0 unspecified atom stereocenters. The molecule has 5 heteroatoms. The Kier molecular flexibility index (Phi) is 3.25. The van der Waals surface area contributed by atoms with Gasteiger partial charge in [0.25, 0.3) is 0 Å². The molecule has 0 bridgehead atoms. The summed E-state index contributed by atoms with van der Waals surface area (Å²) in [5.74, 6) is -0.469. The molecule has 0 radical (unpaired) electrons. The Balaban J connectivity index is 2.16. The molecular weight excluding hydrogens is 282 g/mol. The van der Waals surface area contributed by atoms with Gasteiger partial charge < -0.3 is 5.11 Å². The van der Waals surface area contributed by atoms with E-state index in [0.717, 1.165) is 4.90 Å². The Morgan fingerprint density at radius 2 is 1.50 bits per heavy atom. The molecule has 0 aliphatic heterocycles. The number of fused-ring (bicyclic) bond motifs is 2. The van der Waals surface area contributed by atoms with Gasteiger partial charge in [-0.1, -0.05) is 24.3 Å². The van der Waals surface area contributed by atoms with Crippen molar-refractivity contribution in [3.63, 3.8) is 0 Å². The summed E-state index contributed by atoms with van der Waals surface area (Å²) in [7, 11) is 0. The van der Waals surface area contributed by atoms with Crippen LogP contribution in [0.5, 0.6) is 0 Å². The first kappa shape index (κ1) is 14.0. The van der Waals surface area contributed by atoms with E-state index in [1.807, 2.05) is 0 Å².